The van der Waals surface area contributed by atoms with Gasteiger partial charge in [-0.3, -0.25) is 18.6 Å². The van der Waals surface area contributed by atoms with Crippen LogP contribution >= 0.6 is 7.82 Å². The van der Waals surface area contributed by atoms with Gasteiger partial charge in [0.2, 0.25) is 5.91 Å². The van der Waals surface area contributed by atoms with Crippen molar-refractivity contribution in [1.29, 1.82) is 0 Å². The lowest BCUT2D eigenvalue weighted by atomic mass is 10.0. The van der Waals surface area contributed by atoms with Crippen molar-refractivity contribution in [3.05, 3.63) is 12.2 Å². The van der Waals surface area contributed by atoms with Crippen LogP contribution in [0.2, 0.25) is 0 Å². The van der Waals surface area contributed by atoms with E-state index in [0.29, 0.717) is 23.9 Å². The molecule has 0 fully saturated rings. The number of carbonyl (C=O) groups is 2. The number of esters is 1. The molecule has 0 spiro atoms. The first-order chi connectivity index (χ1) is 38.4. The summed E-state index contributed by atoms with van der Waals surface area (Å²) >= 11 is 0. The smallest absolute Gasteiger partial charge is 0.456 e. The molecule has 0 heterocycles. The second-order valence-electron chi connectivity index (χ2n) is 25.4. The van der Waals surface area contributed by atoms with Gasteiger partial charge in [0, 0.05) is 12.8 Å². The third-order valence-corrected chi connectivity index (χ3v) is 17.2. The Labute approximate surface area is 492 Å². The molecule has 0 saturated heterocycles. The standard InChI is InChI=1S/C69H137N2O7P/c1-7-10-13-16-19-22-25-28-30-32-34-35-37-39-41-44-47-50-53-56-59-62-69(73)78-67(60-57-54-51-48-45-42-27-24-21-18-15-12-9-3)66(65-77-79(74,75)76-64-63-71(4,5)6)70-68(72)61-58-55-52-49-46-43-40-38-36-33-31-29-26-23-20-17-14-11-8-2/h57,60,66-67H,7-56,58-59,61-65H2,1-6H3,(H-,70,72,74,75)/p+1/b60-57+. The van der Waals surface area contributed by atoms with Crippen LogP contribution in [0.15, 0.2) is 12.2 Å². The highest BCUT2D eigenvalue weighted by atomic mass is 31.2. The molecule has 0 aromatic carbocycles. The van der Waals surface area contributed by atoms with Gasteiger partial charge in [-0.05, 0) is 31.8 Å². The van der Waals surface area contributed by atoms with Crippen molar-refractivity contribution in [3.8, 4) is 0 Å². The summed E-state index contributed by atoms with van der Waals surface area (Å²) in [6.07, 6.45) is 70.7. The van der Waals surface area contributed by atoms with Gasteiger partial charge in [0.05, 0.1) is 33.8 Å². The van der Waals surface area contributed by atoms with Crippen molar-refractivity contribution < 1.29 is 37.3 Å². The predicted octanol–water partition coefficient (Wildman–Crippen LogP) is 21.9. The summed E-state index contributed by atoms with van der Waals surface area (Å²) in [6, 6.07) is -0.840. The number of quaternary nitrogens is 1. The van der Waals surface area contributed by atoms with Gasteiger partial charge in [-0.1, -0.05) is 335 Å². The number of rotatable bonds is 65. The molecule has 0 rings (SSSR count). The molecular weight excluding hydrogens is 1000 g/mol. The predicted molar refractivity (Wildman–Crippen MR) is 342 cm³/mol. The van der Waals surface area contributed by atoms with Gasteiger partial charge in [0.15, 0.2) is 0 Å². The van der Waals surface area contributed by atoms with Crippen molar-refractivity contribution in [1.82, 2.24) is 5.32 Å². The van der Waals surface area contributed by atoms with Crippen LogP contribution in [0, 0.1) is 0 Å². The summed E-state index contributed by atoms with van der Waals surface area (Å²) in [5, 5.41) is 3.08. The highest BCUT2D eigenvalue weighted by molar-refractivity contribution is 7.47. The van der Waals surface area contributed by atoms with Crippen LogP contribution in [0.25, 0.3) is 0 Å². The maximum Gasteiger partial charge on any atom is 0.472 e. The van der Waals surface area contributed by atoms with Crippen LogP contribution in [0.1, 0.15) is 367 Å². The third-order valence-electron chi connectivity index (χ3n) is 16.2. The Morgan fingerprint density at radius 2 is 0.722 bits per heavy atom. The largest absolute Gasteiger partial charge is 0.472 e. The topological polar surface area (TPSA) is 111 Å². The molecule has 3 atom stereocenters. The molecule has 1 amide bonds. The van der Waals surface area contributed by atoms with Gasteiger partial charge >= 0.3 is 13.8 Å². The van der Waals surface area contributed by atoms with E-state index in [1.807, 2.05) is 27.2 Å². The fraction of sp³-hybridized carbons (Fsp3) is 0.942. The van der Waals surface area contributed by atoms with E-state index >= 15 is 0 Å². The molecule has 3 unspecified atom stereocenters. The second kappa shape index (κ2) is 59.9. The zero-order valence-electron chi connectivity index (χ0n) is 53.9. The normalized spacial score (nSPS) is 13.6. The number of hydrogen-bond acceptors (Lipinski definition) is 6. The number of phosphoric ester groups is 1. The van der Waals surface area contributed by atoms with E-state index in [4.69, 9.17) is 13.8 Å². The summed E-state index contributed by atoms with van der Waals surface area (Å²) in [4.78, 5) is 37.9. The monoisotopic (exact) mass is 1140 g/mol. The fourth-order valence-corrected chi connectivity index (χ4v) is 11.6. The highest BCUT2D eigenvalue weighted by Gasteiger charge is 2.30. The van der Waals surface area contributed by atoms with E-state index in [2.05, 4.69) is 32.2 Å². The first kappa shape index (κ1) is 77.8. The van der Waals surface area contributed by atoms with Gasteiger partial charge in [0.1, 0.15) is 19.3 Å². The van der Waals surface area contributed by atoms with Crippen LogP contribution in [0.5, 0.6) is 0 Å². The lowest BCUT2D eigenvalue weighted by Crippen LogP contribution is -2.47. The van der Waals surface area contributed by atoms with E-state index in [1.54, 1.807) is 0 Å². The van der Waals surface area contributed by atoms with Crippen molar-refractivity contribution in [2.45, 2.75) is 380 Å². The van der Waals surface area contributed by atoms with Crippen molar-refractivity contribution in [3.63, 3.8) is 0 Å². The number of nitrogens with zero attached hydrogens (tertiary/aromatic N) is 1. The number of allylic oxidation sites excluding steroid dienone is 1. The van der Waals surface area contributed by atoms with Gasteiger partial charge in [-0.25, -0.2) is 4.57 Å². The number of phosphoric acid groups is 1. The Hall–Kier alpha value is -1.25. The Morgan fingerprint density at radius 3 is 1.04 bits per heavy atom. The van der Waals surface area contributed by atoms with Gasteiger partial charge in [-0.15, -0.1) is 0 Å². The average molecular weight is 1140 g/mol. The molecule has 0 aromatic heterocycles. The summed E-state index contributed by atoms with van der Waals surface area (Å²) in [6.45, 7) is 7.09. The Kier molecular flexibility index (Phi) is 58.9. The molecule has 2 N–H and O–H groups in total. The number of unbranched alkanes of at least 4 members (excludes halogenated alkanes) is 49. The maximum atomic E-state index is 13.6. The molecule has 0 radical (unpaired) electrons. The van der Waals surface area contributed by atoms with Gasteiger partial charge < -0.3 is 19.4 Å². The van der Waals surface area contributed by atoms with Crippen molar-refractivity contribution >= 4 is 19.7 Å². The summed E-state index contributed by atoms with van der Waals surface area (Å²) in [5.41, 5.74) is 0. The molecule has 0 bridgehead atoms. The van der Waals surface area contributed by atoms with Gasteiger partial charge in [-0.2, -0.15) is 0 Å². The molecule has 0 aliphatic carbocycles. The van der Waals surface area contributed by atoms with E-state index in [9.17, 15) is 19.0 Å². The van der Waals surface area contributed by atoms with Crippen LogP contribution in [0.3, 0.4) is 0 Å². The Bertz CT molecular complexity index is 1360. The molecule has 0 aliphatic heterocycles. The van der Waals surface area contributed by atoms with Crippen LogP contribution < -0.4 is 5.32 Å². The average Bonchev–Trinajstić information content (AvgIpc) is 3.41. The fourth-order valence-electron chi connectivity index (χ4n) is 10.8. The number of nitrogens with one attached hydrogen (secondary N) is 1. The van der Waals surface area contributed by atoms with Crippen LogP contribution in [0.4, 0.5) is 0 Å². The minimum atomic E-state index is -4.45. The molecule has 10 heteroatoms. The van der Waals surface area contributed by atoms with E-state index in [-0.39, 0.29) is 25.1 Å². The van der Waals surface area contributed by atoms with E-state index < -0.39 is 20.0 Å². The van der Waals surface area contributed by atoms with Crippen LogP contribution in [-0.4, -0.2) is 74.3 Å². The highest BCUT2D eigenvalue weighted by Crippen LogP contribution is 2.43. The molecule has 0 saturated carbocycles. The first-order valence-electron chi connectivity index (χ1n) is 35.0. The lowest BCUT2D eigenvalue weighted by molar-refractivity contribution is -0.870. The van der Waals surface area contributed by atoms with E-state index in [1.165, 1.54) is 276 Å². The third kappa shape index (κ3) is 61.1. The first-order valence-corrected chi connectivity index (χ1v) is 36.5. The number of likely N-dealkylation sites (N-methyl/N-ethyl adjacent to an activating group) is 1. The Balaban J connectivity index is 5.10. The van der Waals surface area contributed by atoms with Crippen molar-refractivity contribution in [2.75, 3.05) is 40.9 Å². The number of hydrogen-bond donors (Lipinski definition) is 2. The number of carbonyl (C=O) groups excluding carboxylic acids is 2. The molecule has 0 aliphatic rings. The number of ether oxygens (including phenoxy) is 1. The Morgan fingerprint density at radius 1 is 0.430 bits per heavy atom. The minimum Gasteiger partial charge on any atom is -0.456 e. The number of amides is 1. The zero-order chi connectivity index (χ0) is 57.9. The zero-order valence-corrected chi connectivity index (χ0v) is 54.8. The summed E-state index contributed by atoms with van der Waals surface area (Å²) < 4.78 is 30.8. The maximum absolute atomic E-state index is 13.6. The molecular formula is C69H138N2O7P+. The minimum absolute atomic E-state index is 0.0461. The lowest BCUT2D eigenvalue weighted by Gasteiger charge is -2.27. The second-order valence-corrected chi connectivity index (χ2v) is 26.9. The molecule has 0 aromatic rings. The SMILES string of the molecule is CCCCCCCCCCCCC/C=C/C(OC(=O)CCCCCCCCCCCCCCCCCCCCCCC)C(COP(=O)(O)OCC[N+](C)(C)C)NC(=O)CCCCCCCCCCCCCCCCCCCCC. The molecule has 79 heavy (non-hydrogen) atoms. The van der Waals surface area contributed by atoms with Gasteiger partial charge in [0.25, 0.3) is 0 Å². The van der Waals surface area contributed by atoms with Crippen molar-refractivity contribution in [2.24, 2.45) is 0 Å². The van der Waals surface area contributed by atoms with E-state index in [0.717, 1.165) is 57.8 Å². The summed E-state index contributed by atoms with van der Waals surface area (Å²) in [7, 11) is 1.52. The summed E-state index contributed by atoms with van der Waals surface area (Å²) in [5.74, 6) is -0.477. The molecule has 470 valence electrons. The quantitative estimate of drug-likeness (QED) is 0.0205. The molecule has 9 nitrogen and oxygen atoms in total. The van der Waals surface area contributed by atoms with Crippen LogP contribution in [-0.2, 0) is 27.9 Å².